The highest BCUT2D eigenvalue weighted by Crippen LogP contribution is 2.69. The van der Waals surface area contributed by atoms with Crippen LogP contribution in [-0.2, 0) is 9.53 Å². The molecule has 4 saturated carbocycles. The first kappa shape index (κ1) is 22.6. The lowest BCUT2D eigenvalue weighted by atomic mass is 9.42. The highest BCUT2D eigenvalue weighted by Gasteiger charge is 2.65. The van der Waals surface area contributed by atoms with Crippen molar-refractivity contribution in [2.75, 3.05) is 7.11 Å². The SMILES string of the molecule is COC(=O)CCC(C)[C@H]1CCC2C3C(CC(O)[C@@]21C)[C@@]1(C)CCC(O)CC1C[C@H]3C. The third-order valence-electron chi connectivity index (χ3n) is 10.9. The van der Waals surface area contributed by atoms with E-state index >= 15 is 0 Å². The number of methoxy groups -OCH3 is 1. The van der Waals surface area contributed by atoms with Crippen LogP contribution in [0.5, 0.6) is 0 Å². The Balaban J connectivity index is 1.58. The largest absolute Gasteiger partial charge is 0.469 e. The quantitative estimate of drug-likeness (QED) is 0.640. The molecular formula is C26H44O4. The van der Waals surface area contributed by atoms with Gasteiger partial charge in [0.1, 0.15) is 0 Å². The van der Waals surface area contributed by atoms with Gasteiger partial charge in [-0.2, -0.15) is 0 Å². The molecule has 30 heavy (non-hydrogen) atoms. The number of esters is 1. The predicted molar refractivity (Wildman–Crippen MR) is 118 cm³/mol. The van der Waals surface area contributed by atoms with Crippen molar-refractivity contribution < 1.29 is 19.7 Å². The van der Waals surface area contributed by atoms with E-state index in [1.165, 1.54) is 26.4 Å². The van der Waals surface area contributed by atoms with Crippen LogP contribution < -0.4 is 0 Å². The molecule has 4 aliphatic rings. The number of hydrogen-bond donors (Lipinski definition) is 2. The van der Waals surface area contributed by atoms with Crippen LogP contribution in [0, 0.1) is 52.3 Å². The lowest BCUT2D eigenvalue weighted by Gasteiger charge is -2.64. The summed E-state index contributed by atoms with van der Waals surface area (Å²) in [6.45, 7) is 9.58. The van der Waals surface area contributed by atoms with Crippen LogP contribution in [0.25, 0.3) is 0 Å². The van der Waals surface area contributed by atoms with Crippen molar-refractivity contribution in [1.82, 2.24) is 0 Å². The Hall–Kier alpha value is -0.610. The molecule has 4 nitrogen and oxygen atoms in total. The molecule has 0 bridgehead atoms. The van der Waals surface area contributed by atoms with Crippen LogP contribution in [0.3, 0.4) is 0 Å². The van der Waals surface area contributed by atoms with E-state index in [1.807, 2.05) is 0 Å². The maximum atomic E-state index is 11.7. The second-order valence-corrected chi connectivity index (χ2v) is 12.0. The van der Waals surface area contributed by atoms with Gasteiger partial charge in [0.15, 0.2) is 0 Å². The number of aliphatic hydroxyl groups is 2. The number of rotatable bonds is 4. The number of carbonyl (C=O) groups excluding carboxylic acids is 1. The molecule has 11 atom stereocenters. The van der Waals surface area contributed by atoms with Gasteiger partial charge < -0.3 is 14.9 Å². The molecule has 4 rings (SSSR count). The molecule has 0 saturated heterocycles. The molecule has 0 heterocycles. The molecule has 4 fully saturated rings. The van der Waals surface area contributed by atoms with E-state index in [9.17, 15) is 15.0 Å². The fourth-order valence-corrected chi connectivity index (χ4v) is 9.19. The van der Waals surface area contributed by atoms with Gasteiger partial charge in [-0.1, -0.05) is 27.7 Å². The van der Waals surface area contributed by atoms with Gasteiger partial charge in [-0.05, 0) is 104 Å². The minimum Gasteiger partial charge on any atom is -0.469 e. The number of hydrogen-bond acceptors (Lipinski definition) is 4. The van der Waals surface area contributed by atoms with Crippen molar-refractivity contribution >= 4 is 5.97 Å². The Labute approximate surface area is 183 Å². The van der Waals surface area contributed by atoms with Gasteiger partial charge in [-0.25, -0.2) is 0 Å². The summed E-state index contributed by atoms with van der Waals surface area (Å²) < 4.78 is 4.86. The Kier molecular flexibility index (Phi) is 6.07. The van der Waals surface area contributed by atoms with Crippen molar-refractivity contribution in [2.24, 2.45) is 52.3 Å². The summed E-state index contributed by atoms with van der Waals surface area (Å²) >= 11 is 0. The summed E-state index contributed by atoms with van der Waals surface area (Å²) in [6, 6.07) is 0. The summed E-state index contributed by atoms with van der Waals surface area (Å²) in [6.07, 6.45) is 8.50. The van der Waals surface area contributed by atoms with Crippen LogP contribution in [0.4, 0.5) is 0 Å². The van der Waals surface area contributed by atoms with E-state index in [0.717, 1.165) is 32.1 Å². The fourth-order valence-electron chi connectivity index (χ4n) is 9.19. The molecule has 0 radical (unpaired) electrons. The Morgan fingerprint density at radius 1 is 1.10 bits per heavy atom. The zero-order chi connectivity index (χ0) is 21.8. The average molecular weight is 421 g/mol. The summed E-state index contributed by atoms with van der Waals surface area (Å²) in [4.78, 5) is 11.7. The lowest BCUT2D eigenvalue weighted by molar-refractivity contribution is -0.190. The minimum absolute atomic E-state index is 0.0393. The van der Waals surface area contributed by atoms with E-state index < -0.39 is 0 Å². The highest BCUT2D eigenvalue weighted by molar-refractivity contribution is 5.69. The number of carbonyl (C=O) groups is 1. The van der Waals surface area contributed by atoms with Crippen molar-refractivity contribution in [3.63, 3.8) is 0 Å². The van der Waals surface area contributed by atoms with Gasteiger partial charge in [-0.15, -0.1) is 0 Å². The fraction of sp³-hybridized carbons (Fsp3) is 0.962. The van der Waals surface area contributed by atoms with Crippen molar-refractivity contribution in [3.05, 3.63) is 0 Å². The Morgan fingerprint density at radius 3 is 2.53 bits per heavy atom. The molecule has 172 valence electrons. The van der Waals surface area contributed by atoms with Crippen LogP contribution >= 0.6 is 0 Å². The van der Waals surface area contributed by atoms with Crippen molar-refractivity contribution in [2.45, 2.75) is 97.7 Å². The van der Waals surface area contributed by atoms with E-state index in [0.29, 0.717) is 47.8 Å². The van der Waals surface area contributed by atoms with E-state index in [-0.39, 0.29) is 29.0 Å². The molecule has 0 aromatic heterocycles. The molecule has 4 heteroatoms. The number of fused-ring (bicyclic) bond motifs is 5. The lowest BCUT2D eigenvalue weighted by Crippen LogP contribution is -2.60. The van der Waals surface area contributed by atoms with Gasteiger partial charge in [0.25, 0.3) is 0 Å². The third kappa shape index (κ3) is 3.36. The Bertz CT molecular complexity index is 649. The van der Waals surface area contributed by atoms with E-state index in [1.54, 1.807) is 0 Å². The number of ether oxygens (including phenoxy) is 1. The van der Waals surface area contributed by atoms with Gasteiger partial charge in [-0.3, -0.25) is 4.79 Å². The van der Waals surface area contributed by atoms with Crippen molar-refractivity contribution in [1.29, 1.82) is 0 Å². The highest BCUT2D eigenvalue weighted by atomic mass is 16.5. The monoisotopic (exact) mass is 420 g/mol. The third-order valence-corrected chi connectivity index (χ3v) is 10.9. The maximum absolute atomic E-state index is 11.7. The second kappa shape index (κ2) is 8.06. The van der Waals surface area contributed by atoms with Gasteiger partial charge in [0, 0.05) is 6.42 Å². The first-order valence-corrected chi connectivity index (χ1v) is 12.6. The molecule has 2 N–H and O–H groups in total. The Morgan fingerprint density at radius 2 is 1.83 bits per heavy atom. The summed E-state index contributed by atoms with van der Waals surface area (Å²) in [7, 11) is 1.47. The second-order valence-electron chi connectivity index (χ2n) is 12.0. The van der Waals surface area contributed by atoms with Crippen LogP contribution in [0.2, 0.25) is 0 Å². The molecular weight excluding hydrogens is 376 g/mol. The molecule has 0 aromatic rings. The summed E-state index contributed by atoms with van der Waals surface area (Å²) in [5.41, 5.74) is 0.232. The summed E-state index contributed by atoms with van der Waals surface area (Å²) in [5.74, 6) is 3.90. The number of aliphatic hydroxyl groups excluding tert-OH is 2. The first-order valence-electron chi connectivity index (χ1n) is 12.6. The van der Waals surface area contributed by atoms with Crippen LogP contribution in [0.1, 0.15) is 85.5 Å². The normalized spacial score (nSPS) is 51.4. The van der Waals surface area contributed by atoms with Gasteiger partial charge in [0.05, 0.1) is 19.3 Å². The average Bonchev–Trinajstić information content (AvgIpc) is 3.06. The van der Waals surface area contributed by atoms with E-state index in [4.69, 9.17) is 4.74 Å². The van der Waals surface area contributed by atoms with Crippen molar-refractivity contribution in [3.8, 4) is 0 Å². The zero-order valence-corrected chi connectivity index (χ0v) is 19.8. The van der Waals surface area contributed by atoms with Gasteiger partial charge in [0.2, 0.25) is 0 Å². The smallest absolute Gasteiger partial charge is 0.305 e. The molecule has 7 unspecified atom stereocenters. The molecule has 4 aliphatic carbocycles. The maximum Gasteiger partial charge on any atom is 0.305 e. The summed E-state index contributed by atoms with van der Waals surface area (Å²) in [5, 5.41) is 21.9. The molecule has 0 aliphatic heterocycles. The van der Waals surface area contributed by atoms with E-state index in [2.05, 4.69) is 27.7 Å². The minimum atomic E-state index is -0.258. The zero-order valence-electron chi connectivity index (χ0n) is 19.8. The standard InChI is InChI=1S/C26H44O4/c1-15(6-9-23(29)30-5)19-7-8-20-24-16(2)12-17-13-18(27)10-11-25(17,3)21(24)14-22(28)26(19,20)4/h15-22,24,27-28H,6-14H2,1-5H3/t15?,16-,17?,18?,19-,20?,21?,22?,24?,25+,26-/m1/s1. The molecule has 0 spiro atoms. The van der Waals surface area contributed by atoms with Gasteiger partial charge >= 0.3 is 5.97 Å². The van der Waals surface area contributed by atoms with Crippen LogP contribution in [-0.4, -0.2) is 35.5 Å². The first-order chi connectivity index (χ1) is 14.1. The molecule has 0 amide bonds. The molecule has 0 aromatic carbocycles. The predicted octanol–water partition coefficient (Wildman–Crippen LogP) is 4.81. The van der Waals surface area contributed by atoms with Crippen LogP contribution in [0.15, 0.2) is 0 Å². The topological polar surface area (TPSA) is 66.8 Å².